The quantitative estimate of drug-likeness (QED) is 0.0566. The lowest BCUT2D eigenvalue weighted by Gasteiger charge is -2.14. The maximum absolute atomic E-state index is 12.4. The first kappa shape index (κ1) is 45.8. The highest BCUT2D eigenvalue weighted by Crippen LogP contribution is 2.41. The van der Waals surface area contributed by atoms with Gasteiger partial charge >= 0.3 is 35.8 Å². The van der Waals surface area contributed by atoms with Gasteiger partial charge in [-0.25, -0.2) is 14.9 Å². The predicted octanol–water partition coefficient (Wildman–Crippen LogP) is 4.26. The molecule has 4 unspecified atom stereocenters. The lowest BCUT2D eigenvalue weighted by atomic mass is 10.3. The van der Waals surface area contributed by atoms with E-state index in [2.05, 4.69) is 61.4 Å². The second kappa shape index (κ2) is 22.1. The summed E-state index contributed by atoms with van der Waals surface area (Å²) in [4.78, 5) is 109. The molecule has 6 heterocycles. The molecule has 4 saturated heterocycles. The normalized spacial score (nSPS) is 21.8. The smallest absolute Gasteiger partial charge is 0.328 e. The number of rotatable bonds is 8. The van der Waals surface area contributed by atoms with Gasteiger partial charge in [0.15, 0.2) is 0 Å². The molecule has 0 radical (unpaired) electrons. The van der Waals surface area contributed by atoms with E-state index in [9.17, 15) is 48.5 Å². The van der Waals surface area contributed by atoms with Crippen LogP contribution in [0.5, 0.6) is 0 Å². The fraction of sp³-hybridized carbons (Fsp3) is 0.333. The molecule has 18 nitrogen and oxygen atoms in total. The fourth-order valence-corrected chi connectivity index (χ4v) is 9.18. The Labute approximate surface area is 350 Å². The number of aryl methyl sites for hydroxylation is 1. The van der Waals surface area contributed by atoms with Crippen LogP contribution in [0.3, 0.4) is 0 Å². The van der Waals surface area contributed by atoms with Crippen molar-refractivity contribution in [1.82, 2.24) is 9.97 Å². The van der Waals surface area contributed by atoms with E-state index >= 15 is 0 Å². The molecule has 2 amide bonds. The van der Waals surface area contributed by atoms with Gasteiger partial charge in [0.1, 0.15) is 38.8 Å². The molecule has 0 aromatic carbocycles. The minimum absolute atomic E-state index is 0. The summed E-state index contributed by atoms with van der Waals surface area (Å²) in [6.07, 6.45) is 2.76. The van der Waals surface area contributed by atoms with Crippen molar-refractivity contribution in [3.8, 4) is 0 Å². The van der Waals surface area contributed by atoms with Crippen LogP contribution in [0.25, 0.3) is 0 Å². The third-order valence-corrected chi connectivity index (χ3v) is 12.3. The molecule has 25 heteroatoms. The van der Waals surface area contributed by atoms with Crippen molar-refractivity contribution in [3.05, 3.63) is 52.3 Å². The van der Waals surface area contributed by atoms with Crippen LogP contribution >= 0.6 is 104 Å². The molecule has 4 fully saturated rings. The van der Waals surface area contributed by atoms with Crippen molar-refractivity contribution in [2.75, 3.05) is 10.6 Å². The van der Waals surface area contributed by atoms with Crippen LogP contribution in [-0.2, 0) is 52.6 Å². The van der Waals surface area contributed by atoms with Gasteiger partial charge in [-0.05, 0) is 24.6 Å². The minimum Gasteiger partial charge on any atom is -0.392 e. The number of imide groups is 1. The zero-order valence-electron chi connectivity index (χ0n) is 26.1. The van der Waals surface area contributed by atoms with Crippen LogP contribution in [0.4, 0.5) is 17.3 Å². The summed E-state index contributed by atoms with van der Waals surface area (Å²) in [5.41, 5.74) is 6.08. The first-order valence-corrected chi connectivity index (χ1v) is 24.7. The maximum Gasteiger partial charge on any atom is 0.328 e. The minimum atomic E-state index is -0.623. The SMILES string of the molecule is Cc1ccc(N2C(=O)CC(SSC3CC(=O)OC3=O)C2=O)nc1.I.II.Nc1ccc([N+](=O)[O-])cn1.O=C1CC(SSC2CC(=O)OC2=O)C(=O)O1. The summed E-state index contributed by atoms with van der Waals surface area (Å²) < 4.78 is 13.1. The largest absolute Gasteiger partial charge is 0.392 e. The van der Waals surface area contributed by atoms with Crippen LogP contribution in [0.2, 0.25) is 0 Å². The van der Waals surface area contributed by atoms with E-state index in [0.29, 0.717) is 5.82 Å². The van der Waals surface area contributed by atoms with Crippen molar-refractivity contribution in [2.45, 2.75) is 53.6 Å². The molecule has 52 heavy (non-hydrogen) atoms. The highest BCUT2D eigenvalue weighted by molar-refractivity contribution is 15.0. The summed E-state index contributed by atoms with van der Waals surface area (Å²) in [6, 6.07) is 6.09. The highest BCUT2D eigenvalue weighted by atomic mass is 128. The third kappa shape index (κ3) is 13.5. The Kier molecular flexibility index (Phi) is 19.5. The number of amides is 2. The number of nitro groups is 1. The summed E-state index contributed by atoms with van der Waals surface area (Å²) >= 11 is 4.24. The number of halogens is 3. The molecule has 0 bridgehead atoms. The van der Waals surface area contributed by atoms with Gasteiger partial charge in [-0.2, -0.15) is 0 Å². The molecule has 0 aliphatic carbocycles. The molecular formula is C27H24I3N5O13S4. The van der Waals surface area contributed by atoms with Gasteiger partial charge in [-0.1, -0.05) is 49.2 Å². The number of nitrogens with zero attached hydrogens (tertiary/aromatic N) is 4. The fourth-order valence-electron chi connectivity index (χ4n) is 3.87. The monoisotopic (exact) mass is 1130 g/mol. The maximum atomic E-state index is 12.4. The zero-order valence-corrected chi connectivity index (χ0v) is 36.0. The van der Waals surface area contributed by atoms with Gasteiger partial charge in [0.2, 0.25) is 11.8 Å². The van der Waals surface area contributed by atoms with E-state index in [4.69, 9.17) is 5.73 Å². The number of nitrogens with two attached hydrogens (primary N) is 1. The summed E-state index contributed by atoms with van der Waals surface area (Å²) in [6.45, 7) is 1.86. The predicted molar refractivity (Wildman–Crippen MR) is 218 cm³/mol. The van der Waals surface area contributed by atoms with Crippen LogP contribution in [-0.4, -0.2) is 83.5 Å². The summed E-state index contributed by atoms with van der Waals surface area (Å²) in [5.74, 6) is -3.58. The second-order valence-corrected chi connectivity index (χ2v) is 15.4. The van der Waals surface area contributed by atoms with E-state index in [-0.39, 0.29) is 73.0 Å². The number of cyclic esters (lactones) is 6. The molecule has 0 saturated carbocycles. The van der Waals surface area contributed by atoms with E-state index < -0.39 is 61.7 Å². The molecule has 2 aromatic rings. The Balaban J connectivity index is 0.000000281. The number of hydrogen-bond donors (Lipinski definition) is 1. The number of carbonyl (C=O) groups is 8. The van der Waals surface area contributed by atoms with E-state index in [0.717, 1.165) is 59.8 Å². The Morgan fingerprint density at radius 2 is 1.19 bits per heavy atom. The van der Waals surface area contributed by atoms with Crippen molar-refractivity contribution in [2.24, 2.45) is 0 Å². The van der Waals surface area contributed by atoms with Crippen LogP contribution in [0.1, 0.15) is 31.2 Å². The number of anilines is 2. The Morgan fingerprint density at radius 3 is 1.54 bits per heavy atom. The van der Waals surface area contributed by atoms with Crippen LogP contribution in [0.15, 0.2) is 36.7 Å². The van der Waals surface area contributed by atoms with Crippen molar-refractivity contribution in [1.29, 1.82) is 0 Å². The van der Waals surface area contributed by atoms with E-state index in [1.54, 1.807) is 18.3 Å². The standard InChI is InChI=1S/C14H12N2O5S2.C8H6O6S2.C5H5N3O2.I2.HI/c1-7-2-3-10(15-6-7)16-11(17)4-8(13(16)19)22-23-9-5-12(18)21-14(9)20;9-5-1-3(7(11)13-5)15-16-4-2-6(10)14-8(4)12;6-5-2-1-4(3-7-5)8(9)10;1-2;/h2-3,6,8-9H,4-5H2,1H3;3-4H,1-2H2;1-3H,(H2,6,7);;1H. The second-order valence-electron chi connectivity index (χ2n) is 9.99. The molecule has 0 spiro atoms. The Bertz CT molecular complexity index is 1670. The number of nitrogen functional groups attached to an aromatic ring is 1. The Hall–Kier alpha value is -2.35. The lowest BCUT2D eigenvalue weighted by Crippen LogP contribution is -2.31. The van der Waals surface area contributed by atoms with Gasteiger partial charge in [0.05, 0.1) is 24.2 Å². The topological polar surface area (TPSA) is 262 Å². The highest BCUT2D eigenvalue weighted by Gasteiger charge is 2.43. The van der Waals surface area contributed by atoms with Gasteiger partial charge in [0.25, 0.3) is 5.69 Å². The summed E-state index contributed by atoms with van der Waals surface area (Å²) in [5, 5.41) is 7.62. The first-order chi connectivity index (χ1) is 24.2. The zero-order chi connectivity index (χ0) is 37.8. The van der Waals surface area contributed by atoms with Crippen molar-refractivity contribution < 1.29 is 57.5 Å². The number of esters is 6. The lowest BCUT2D eigenvalue weighted by molar-refractivity contribution is -0.385. The van der Waals surface area contributed by atoms with Crippen molar-refractivity contribution in [3.63, 3.8) is 0 Å². The number of carbonyl (C=O) groups excluding carboxylic acids is 8. The molecule has 280 valence electrons. The van der Waals surface area contributed by atoms with Gasteiger partial charge in [0, 0.05) is 55.9 Å². The molecule has 4 aliphatic rings. The van der Waals surface area contributed by atoms with Gasteiger partial charge in [-0.3, -0.25) is 48.5 Å². The van der Waals surface area contributed by atoms with Crippen LogP contribution in [0, 0.1) is 17.0 Å². The van der Waals surface area contributed by atoms with Gasteiger partial charge in [-0.15, -0.1) is 24.0 Å². The van der Waals surface area contributed by atoms with Gasteiger partial charge < -0.3 is 19.9 Å². The number of pyridine rings is 2. The van der Waals surface area contributed by atoms with Crippen molar-refractivity contribution >= 4 is 169 Å². The van der Waals surface area contributed by atoms with Crippen LogP contribution < -0.4 is 10.6 Å². The molecule has 6 rings (SSSR count). The first-order valence-electron chi connectivity index (χ1n) is 13.9. The molecule has 4 aliphatic heterocycles. The molecular weight excluding hydrogens is 1110 g/mol. The van der Waals surface area contributed by atoms with E-state index in [1.165, 1.54) is 12.1 Å². The third-order valence-electron chi connectivity index (χ3n) is 6.28. The average Bonchev–Trinajstić information content (AvgIpc) is 3.79. The number of ether oxygens (including phenoxy) is 3. The molecule has 2 N–H and O–H groups in total. The molecule has 2 aromatic heterocycles. The number of aromatic nitrogens is 2. The Morgan fingerprint density at radius 1 is 0.731 bits per heavy atom. The average molecular weight is 1140 g/mol. The summed E-state index contributed by atoms with van der Waals surface area (Å²) in [7, 11) is 4.36. The van der Waals surface area contributed by atoms with E-state index in [1.807, 2.05) is 6.92 Å². The number of hydrogen-bond acceptors (Lipinski definition) is 20. The molecule has 4 atom stereocenters.